The number of rotatable bonds is 3. The zero-order valence-corrected chi connectivity index (χ0v) is 12.7. The average molecular weight is 304 g/mol. The van der Waals surface area contributed by atoms with Crippen molar-refractivity contribution in [2.24, 2.45) is 0 Å². The van der Waals surface area contributed by atoms with Gasteiger partial charge in [0, 0.05) is 18.5 Å². The molecule has 0 aliphatic heterocycles. The first-order valence-electron chi connectivity index (χ1n) is 6.78. The number of fused-ring (bicyclic) bond motifs is 1. The second-order valence-corrected chi connectivity index (χ2v) is 5.39. The van der Waals surface area contributed by atoms with Crippen LogP contribution in [0.2, 0.25) is 0 Å². The van der Waals surface area contributed by atoms with Crippen molar-refractivity contribution in [1.29, 1.82) is 0 Å². The van der Waals surface area contributed by atoms with Crippen LogP contribution in [0.1, 0.15) is 17.0 Å². The van der Waals surface area contributed by atoms with Crippen LogP contribution in [0.3, 0.4) is 0 Å². The van der Waals surface area contributed by atoms with Crippen LogP contribution >= 0.6 is 11.6 Å². The molecule has 0 spiro atoms. The normalized spacial score (nSPS) is 11.2. The molecule has 3 rings (SSSR count). The van der Waals surface area contributed by atoms with E-state index in [9.17, 15) is 4.39 Å². The van der Waals surface area contributed by atoms with E-state index >= 15 is 0 Å². The molecule has 0 aliphatic rings. The minimum atomic E-state index is -0.284. The fourth-order valence-corrected chi connectivity index (χ4v) is 2.70. The molecular weight excluding hydrogens is 289 g/mol. The number of imidazole rings is 1. The van der Waals surface area contributed by atoms with E-state index in [0.29, 0.717) is 23.6 Å². The van der Waals surface area contributed by atoms with Gasteiger partial charge >= 0.3 is 0 Å². The van der Waals surface area contributed by atoms with Gasteiger partial charge in [0.05, 0.1) is 5.69 Å². The first kappa shape index (κ1) is 14.0. The Morgan fingerprint density at radius 1 is 1.19 bits per heavy atom. The summed E-state index contributed by atoms with van der Waals surface area (Å²) in [6.45, 7) is 3.85. The van der Waals surface area contributed by atoms with E-state index in [0.717, 1.165) is 22.5 Å². The van der Waals surface area contributed by atoms with Crippen LogP contribution in [0.5, 0.6) is 0 Å². The molecule has 3 nitrogen and oxygen atoms in total. The predicted octanol–water partition coefficient (Wildman–Crippen LogP) is 3.96. The molecule has 3 aromatic rings. The molecule has 0 amide bonds. The molecule has 2 aromatic heterocycles. The van der Waals surface area contributed by atoms with E-state index in [-0.39, 0.29) is 5.82 Å². The number of alkyl halides is 1. The summed E-state index contributed by atoms with van der Waals surface area (Å²) in [6, 6.07) is 6.94. The van der Waals surface area contributed by atoms with Crippen molar-refractivity contribution in [3.05, 3.63) is 53.2 Å². The lowest BCUT2D eigenvalue weighted by molar-refractivity contribution is 0.615. The molecule has 108 valence electrons. The molecule has 0 N–H and O–H groups in total. The van der Waals surface area contributed by atoms with Crippen molar-refractivity contribution < 1.29 is 4.39 Å². The Bertz CT molecular complexity index is 790. The summed E-state index contributed by atoms with van der Waals surface area (Å²) >= 11 is 5.87. The topological polar surface area (TPSA) is 30.7 Å². The van der Waals surface area contributed by atoms with E-state index < -0.39 is 0 Å². The van der Waals surface area contributed by atoms with E-state index in [1.54, 1.807) is 16.8 Å². The van der Waals surface area contributed by atoms with Crippen LogP contribution in [-0.4, -0.2) is 20.4 Å². The van der Waals surface area contributed by atoms with Gasteiger partial charge in [-0.1, -0.05) is 12.1 Å². The molecule has 0 unspecified atom stereocenters. The minimum absolute atomic E-state index is 0.284. The van der Waals surface area contributed by atoms with Gasteiger partial charge in [-0.2, -0.15) is 0 Å². The Morgan fingerprint density at radius 3 is 2.71 bits per heavy atom. The third-order valence-electron chi connectivity index (χ3n) is 3.55. The molecule has 0 fully saturated rings. The van der Waals surface area contributed by atoms with Gasteiger partial charge in [-0.15, -0.1) is 11.6 Å². The Balaban J connectivity index is 2.40. The summed E-state index contributed by atoms with van der Waals surface area (Å²) < 4.78 is 16.1. The highest BCUT2D eigenvalue weighted by atomic mass is 35.5. The van der Waals surface area contributed by atoms with Crippen LogP contribution in [0.15, 0.2) is 30.5 Å². The summed E-state index contributed by atoms with van der Waals surface area (Å²) in [5.41, 5.74) is 3.82. The SMILES string of the molecule is Cc1cccc(F)c1-n1c(CCCl)nc2c(C)ccnc21. The molecule has 0 aliphatic carbocycles. The van der Waals surface area contributed by atoms with Crippen LogP contribution < -0.4 is 0 Å². The molecule has 1 aromatic carbocycles. The number of hydrogen-bond donors (Lipinski definition) is 0. The number of pyridine rings is 1. The van der Waals surface area contributed by atoms with Crippen molar-refractivity contribution in [3.8, 4) is 5.69 Å². The van der Waals surface area contributed by atoms with Crippen molar-refractivity contribution in [2.45, 2.75) is 20.3 Å². The highest BCUT2D eigenvalue weighted by Gasteiger charge is 2.18. The van der Waals surface area contributed by atoms with Crippen molar-refractivity contribution in [3.63, 3.8) is 0 Å². The van der Waals surface area contributed by atoms with Gasteiger partial charge in [0.25, 0.3) is 0 Å². The molecule has 0 saturated heterocycles. The Kier molecular flexibility index (Phi) is 3.64. The first-order valence-corrected chi connectivity index (χ1v) is 7.31. The monoisotopic (exact) mass is 303 g/mol. The lowest BCUT2D eigenvalue weighted by Crippen LogP contribution is -2.07. The third-order valence-corrected chi connectivity index (χ3v) is 3.74. The molecule has 0 atom stereocenters. The zero-order chi connectivity index (χ0) is 15.0. The quantitative estimate of drug-likeness (QED) is 0.686. The van der Waals surface area contributed by atoms with E-state index in [1.807, 2.05) is 26.0 Å². The van der Waals surface area contributed by atoms with Crippen LogP contribution in [0.4, 0.5) is 4.39 Å². The van der Waals surface area contributed by atoms with Crippen molar-refractivity contribution in [1.82, 2.24) is 14.5 Å². The van der Waals surface area contributed by atoms with E-state index in [2.05, 4.69) is 9.97 Å². The highest BCUT2D eigenvalue weighted by Crippen LogP contribution is 2.26. The number of aryl methyl sites for hydroxylation is 3. The van der Waals surface area contributed by atoms with Gasteiger partial charge in [0.1, 0.15) is 17.2 Å². The maximum Gasteiger partial charge on any atom is 0.165 e. The maximum atomic E-state index is 14.4. The molecule has 21 heavy (non-hydrogen) atoms. The smallest absolute Gasteiger partial charge is 0.165 e. The fraction of sp³-hybridized carbons (Fsp3) is 0.250. The molecule has 0 saturated carbocycles. The summed E-state index contributed by atoms with van der Waals surface area (Å²) in [5, 5.41) is 0. The van der Waals surface area contributed by atoms with Gasteiger partial charge in [0.2, 0.25) is 0 Å². The van der Waals surface area contributed by atoms with Crippen molar-refractivity contribution >= 4 is 22.8 Å². The third kappa shape index (κ3) is 2.29. The van der Waals surface area contributed by atoms with Crippen LogP contribution in [0.25, 0.3) is 16.9 Å². The van der Waals surface area contributed by atoms with Gasteiger partial charge in [-0.3, -0.25) is 4.57 Å². The molecule has 0 bridgehead atoms. The summed E-state index contributed by atoms with van der Waals surface area (Å²) in [6.07, 6.45) is 2.28. The van der Waals surface area contributed by atoms with E-state index in [4.69, 9.17) is 11.6 Å². The number of halogens is 2. The van der Waals surface area contributed by atoms with Crippen LogP contribution in [0, 0.1) is 19.7 Å². The summed E-state index contributed by atoms with van der Waals surface area (Å²) in [4.78, 5) is 9.00. The largest absolute Gasteiger partial charge is 0.277 e. The first-order chi connectivity index (χ1) is 10.1. The van der Waals surface area contributed by atoms with Gasteiger partial charge in [0.15, 0.2) is 5.65 Å². The highest BCUT2D eigenvalue weighted by molar-refractivity contribution is 6.17. The number of hydrogen-bond acceptors (Lipinski definition) is 2. The number of benzene rings is 1. The minimum Gasteiger partial charge on any atom is -0.277 e. The van der Waals surface area contributed by atoms with Gasteiger partial charge in [-0.25, -0.2) is 14.4 Å². The van der Waals surface area contributed by atoms with Crippen molar-refractivity contribution in [2.75, 3.05) is 5.88 Å². The fourth-order valence-electron chi connectivity index (χ4n) is 2.53. The summed E-state index contributed by atoms with van der Waals surface area (Å²) in [5.74, 6) is 0.874. The van der Waals surface area contributed by atoms with Crippen LogP contribution in [-0.2, 0) is 6.42 Å². The number of nitrogens with zero attached hydrogens (tertiary/aromatic N) is 3. The second kappa shape index (κ2) is 5.45. The number of aromatic nitrogens is 3. The lowest BCUT2D eigenvalue weighted by Gasteiger charge is -2.12. The Hall–Kier alpha value is -1.94. The zero-order valence-electron chi connectivity index (χ0n) is 11.9. The number of para-hydroxylation sites is 1. The van der Waals surface area contributed by atoms with Gasteiger partial charge in [-0.05, 0) is 37.1 Å². The summed E-state index contributed by atoms with van der Waals surface area (Å²) in [7, 11) is 0. The maximum absolute atomic E-state index is 14.4. The lowest BCUT2D eigenvalue weighted by atomic mass is 10.2. The molecule has 5 heteroatoms. The Labute approximate surface area is 127 Å². The molecule has 2 heterocycles. The second-order valence-electron chi connectivity index (χ2n) is 5.01. The van der Waals surface area contributed by atoms with Gasteiger partial charge < -0.3 is 0 Å². The van der Waals surface area contributed by atoms with E-state index in [1.165, 1.54) is 6.07 Å². The molecule has 0 radical (unpaired) electrons. The standard InChI is InChI=1S/C16H15ClFN3/c1-10-7-9-19-16-14(10)20-13(6-8-17)21(16)15-11(2)4-3-5-12(15)18/h3-5,7,9H,6,8H2,1-2H3. The average Bonchev–Trinajstić information content (AvgIpc) is 2.80. The Morgan fingerprint density at radius 2 is 2.00 bits per heavy atom. The predicted molar refractivity (Wildman–Crippen MR) is 82.7 cm³/mol. The molecular formula is C16H15ClFN3.